The van der Waals surface area contributed by atoms with Gasteiger partial charge in [-0.05, 0) is 54.5 Å². The zero-order chi connectivity index (χ0) is 17.4. The second-order valence-corrected chi connectivity index (χ2v) is 6.30. The Morgan fingerprint density at radius 1 is 1.12 bits per heavy atom. The number of carbonyl (C=O) groups excluding carboxylic acids is 1. The van der Waals surface area contributed by atoms with E-state index in [2.05, 4.69) is 19.1 Å². The average Bonchev–Trinajstić information content (AvgIpc) is 2.60. The fourth-order valence-electron chi connectivity index (χ4n) is 3.13. The average molecular weight is 328 g/mol. The molecule has 0 fully saturated rings. The second-order valence-electron chi connectivity index (χ2n) is 6.30. The molecule has 0 spiro atoms. The molecule has 24 heavy (non-hydrogen) atoms. The molecule has 1 aliphatic carbocycles. The normalized spacial score (nSPS) is 17.9. The Balaban J connectivity index is 2.07. The van der Waals surface area contributed by atoms with Crippen molar-refractivity contribution < 1.29 is 14.3 Å². The highest BCUT2D eigenvalue weighted by Gasteiger charge is 2.22. The summed E-state index contributed by atoms with van der Waals surface area (Å²) in [6.45, 7) is 2.21. The van der Waals surface area contributed by atoms with E-state index in [0.29, 0.717) is 12.2 Å². The number of rotatable bonds is 8. The summed E-state index contributed by atoms with van der Waals surface area (Å²) in [7, 11) is 3.27. The van der Waals surface area contributed by atoms with Gasteiger partial charge in [0.25, 0.3) is 0 Å². The molecule has 0 aliphatic heterocycles. The number of allylic oxidation sites excluding steroid dienone is 4. The van der Waals surface area contributed by atoms with Crippen molar-refractivity contribution in [3.63, 3.8) is 0 Å². The van der Waals surface area contributed by atoms with Crippen LogP contribution in [0.2, 0.25) is 0 Å². The Bertz CT molecular complexity index is 614. The predicted molar refractivity (Wildman–Crippen MR) is 97.9 cm³/mol. The van der Waals surface area contributed by atoms with Gasteiger partial charge in [-0.2, -0.15) is 0 Å². The Morgan fingerprint density at radius 2 is 1.92 bits per heavy atom. The van der Waals surface area contributed by atoms with Gasteiger partial charge in [0.15, 0.2) is 17.3 Å². The fraction of sp³-hybridized carbons (Fsp3) is 0.476. The lowest BCUT2D eigenvalue weighted by molar-refractivity contribution is -0.115. The Hall–Kier alpha value is -2.03. The number of carbonyl (C=O) groups is 1. The van der Waals surface area contributed by atoms with Gasteiger partial charge in [0.2, 0.25) is 0 Å². The Morgan fingerprint density at radius 3 is 2.62 bits per heavy atom. The molecule has 3 heteroatoms. The van der Waals surface area contributed by atoms with E-state index in [4.69, 9.17) is 9.47 Å². The van der Waals surface area contributed by atoms with E-state index in [1.165, 1.54) is 19.3 Å². The first-order valence-corrected chi connectivity index (χ1v) is 8.79. The molecule has 0 saturated carbocycles. The standard InChI is InChI=1S/C21H28O3/c1-4-5-6-7-8-9-16-12-18(14-19(22)13-16)17-10-11-20(23-2)21(15-17)24-3/h8-11,13,15,18H,4-7,12,14H2,1-3H3/b9-8+/t18-/m1/s1. The van der Waals surface area contributed by atoms with E-state index in [1.807, 2.05) is 18.2 Å². The van der Waals surface area contributed by atoms with E-state index in [1.54, 1.807) is 20.3 Å². The minimum atomic E-state index is 0.203. The van der Waals surface area contributed by atoms with Crippen molar-refractivity contribution in [3.8, 4) is 11.5 Å². The molecule has 3 nitrogen and oxygen atoms in total. The molecule has 0 heterocycles. The third-order valence-electron chi connectivity index (χ3n) is 4.46. The summed E-state index contributed by atoms with van der Waals surface area (Å²) < 4.78 is 10.7. The van der Waals surface area contributed by atoms with Crippen LogP contribution in [0.1, 0.15) is 56.9 Å². The summed E-state index contributed by atoms with van der Waals surface area (Å²) in [5.74, 6) is 1.84. The van der Waals surface area contributed by atoms with Crippen molar-refractivity contribution in [1.82, 2.24) is 0 Å². The summed E-state index contributed by atoms with van der Waals surface area (Å²) >= 11 is 0. The molecule has 0 N–H and O–H groups in total. The first-order chi connectivity index (χ1) is 11.7. The predicted octanol–water partition coefficient (Wildman–Crippen LogP) is 5.21. The van der Waals surface area contributed by atoms with E-state index in [-0.39, 0.29) is 11.7 Å². The zero-order valence-electron chi connectivity index (χ0n) is 15.0. The number of ketones is 1. The van der Waals surface area contributed by atoms with E-state index in [9.17, 15) is 4.79 Å². The van der Waals surface area contributed by atoms with Crippen LogP contribution in [0.25, 0.3) is 0 Å². The number of unbranched alkanes of at least 4 members (excludes halogenated alkanes) is 3. The van der Waals surface area contributed by atoms with Crippen molar-refractivity contribution >= 4 is 5.78 Å². The highest BCUT2D eigenvalue weighted by molar-refractivity contribution is 5.92. The lowest BCUT2D eigenvalue weighted by Crippen LogP contribution is -2.12. The third kappa shape index (κ3) is 4.98. The van der Waals surface area contributed by atoms with Gasteiger partial charge in [0.05, 0.1) is 14.2 Å². The van der Waals surface area contributed by atoms with Gasteiger partial charge in [0, 0.05) is 6.42 Å². The number of ether oxygens (including phenoxy) is 2. The molecule has 0 bridgehead atoms. The minimum absolute atomic E-state index is 0.203. The molecule has 1 atom stereocenters. The molecule has 0 saturated heterocycles. The van der Waals surface area contributed by atoms with Crippen LogP contribution in [0.4, 0.5) is 0 Å². The van der Waals surface area contributed by atoms with Gasteiger partial charge in [-0.3, -0.25) is 4.79 Å². The van der Waals surface area contributed by atoms with Crippen LogP contribution in [-0.2, 0) is 4.79 Å². The molecule has 1 aromatic carbocycles. The van der Waals surface area contributed by atoms with Crippen molar-refractivity contribution in [1.29, 1.82) is 0 Å². The van der Waals surface area contributed by atoms with Crippen LogP contribution in [0.15, 0.2) is 42.0 Å². The number of benzene rings is 1. The maximum absolute atomic E-state index is 12.1. The Labute approximate surface area is 145 Å². The van der Waals surface area contributed by atoms with Gasteiger partial charge in [-0.25, -0.2) is 0 Å². The fourth-order valence-corrected chi connectivity index (χ4v) is 3.13. The van der Waals surface area contributed by atoms with Crippen molar-refractivity contribution in [3.05, 3.63) is 47.6 Å². The highest BCUT2D eigenvalue weighted by Crippen LogP contribution is 2.36. The summed E-state index contributed by atoms with van der Waals surface area (Å²) in [5, 5.41) is 0. The number of methoxy groups -OCH3 is 2. The quantitative estimate of drug-likeness (QED) is 0.614. The van der Waals surface area contributed by atoms with Crippen LogP contribution in [0.3, 0.4) is 0 Å². The Kier molecular flexibility index (Phi) is 7.10. The first-order valence-electron chi connectivity index (χ1n) is 8.79. The molecule has 0 amide bonds. The van der Waals surface area contributed by atoms with Gasteiger partial charge < -0.3 is 9.47 Å². The molecule has 0 aromatic heterocycles. The third-order valence-corrected chi connectivity index (χ3v) is 4.46. The van der Waals surface area contributed by atoms with Gasteiger partial charge >= 0.3 is 0 Å². The van der Waals surface area contributed by atoms with Crippen molar-refractivity contribution in [2.45, 2.75) is 51.4 Å². The SMILES string of the molecule is CCCCC/C=C/C1=CC(=O)C[C@H](c2ccc(OC)c(OC)c2)C1. The molecule has 2 rings (SSSR count). The smallest absolute Gasteiger partial charge is 0.160 e. The first kappa shape index (κ1) is 18.3. The molecule has 0 unspecified atom stereocenters. The van der Waals surface area contributed by atoms with Crippen LogP contribution >= 0.6 is 0 Å². The van der Waals surface area contributed by atoms with E-state index in [0.717, 1.165) is 29.7 Å². The lowest BCUT2D eigenvalue weighted by Gasteiger charge is -2.22. The lowest BCUT2D eigenvalue weighted by atomic mass is 9.83. The molecule has 1 aromatic rings. The summed E-state index contributed by atoms with van der Waals surface area (Å²) in [4.78, 5) is 12.1. The zero-order valence-corrected chi connectivity index (χ0v) is 15.0. The molecular weight excluding hydrogens is 300 g/mol. The minimum Gasteiger partial charge on any atom is -0.493 e. The van der Waals surface area contributed by atoms with Crippen molar-refractivity contribution in [2.24, 2.45) is 0 Å². The maximum atomic E-state index is 12.1. The highest BCUT2D eigenvalue weighted by atomic mass is 16.5. The van der Waals surface area contributed by atoms with Crippen molar-refractivity contribution in [2.75, 3.05) is 14.2 Å². The van der Waals surface area contributed by atoms with Crippen LogP contribution in [-0.4, -0.2) is 20.0 Å². The van der Waals surface area contributed by atoms with Crippen LogP contribution < -0.4 is 9.47 Å². The molecular formula is C21H28O3. The van der Waals surface area contributed by atoms with Crippen LogP contribution in [0, 0.1) is 0 Å². The summed E-state index contributed by atoms with van der Waals surface area (Å²) in [5.41, 5.74) is 2.26. The van der Waals surface area contributed by atoms with Crippen LogP contribution in [0.5, 0.6) is 11.5 Å². The number of hydrogen-bond donors (Lipinski definition) is 0. The second kappa shape index (κ2) is 9.31. The maximum Gasteiger partial charge on any atom is 0.160 e. The molecule has 130 valence electrons. The molecule has 0 radical (unpaired) electrons. The van der Waals surface area contributed by atoms with Gasteiger partial charge in [0.1, 0.15) is 0 Å². The largest absolute Gasteiger partial charge is 0.493 e. The summed E-state index contributed by atoms with van der Waals surface area (Å²) in [6, 6.07) is 5.94. The van der Waals surface area contributed by atoms with Gasteiger partial charge in [-0.15, -0.1) is 0 Å². The number of hydrogen-bond acceptors (Lipinski definition) is 3. The topological polar surface area (TPSA) is 35.5 Å². The van der Waals surface area contributed by atoms with Gasteiger partial charge in [-0.1, -0.05) is 38.0 Å². The summed E-state index contributed by atoms with van der Waals surface area (Å²) in [6.07, 6.45) is 12.4. The molecule has 1 aliphatic rings. The monoisotopic (exact) mass is 328 g/mol. The van der Waals surface area contributed by atoms with E-state index >= 15 is 0 Å². The van der Waals surface area contributed by atoms with E-state index < -0.39 is 0 Å².